The molecule has 0 fully saturated rings. The number of nitrogens with one attached hydrogen (secondary N) is 1. The highest BCUT2D eigenvalue weighted by atomic mass is 19.1. The van der Waals surface area contributed by atoms with Crippen molar-refractivity contribution >= 4 is 11.7 Å². The average molecular weight is 257 g/mol. The number of nitrogens with two attached hydrogens (primary N) is 1. The van der Waals surface area contributed by atoms with Gasteiger partial charge < -0.3 is 16.0 Å². The largest absolute Gasteiger partial charge is 0.330 e. The predicted octanol–water partition coefficient (Wildman–Crippen LogP) is 2.17. The second-order valence-corrected chi connectivity index (χ2v) is 3.78. The van der Waals surface area contributed by atoms with Gasteiger partial charge in [0.15, 0.2) is 0 Å². The van der Waals surface area contributed by atoms with E-state index in [4.69, 9.17) is 5.73 Å². The molecule has 100 valence electrons. The fraction of sp³-hybridized carbons (Fsp3) is 0.417. The molecule has 0 bridgehead atoms. The third kappa shape index (κ3) is 3.96. The van der Waals surface area contributed by atoms with E-state index in [9.17, 15) is 13.6 Å². The van der Waals surface area contributed by atoms with Gasteiger partial charge in [0.05, 0.1) is 5.69 Å². The zero-order chi connectivity index (χ0) is 13.5. The summed E-state index contributed by atoms with van der Waals surface area (Å²) in [5, 5.41) is 2.40. The first-order valence-corrected chi connectivity index (χ1v) is 5.79. The van der Waals surface area contributed by atoms with Crippen LogP contribution in [0, 0.1) is 11.6 Å². The minimum absolute atomic E-state index is 0.0346. The number of anilines is 1. The first kappa shape index (κ1) is 14.4. The van der Waals surface area contributed by atoms with E-state index >= 15 is 0 Å². The van der Waals surface area contributed by atoms with E-state index in [0.29, 0.717) is 26.1 Å². The van der Waals surface area contributed by atoms with Crippen LogP contribution in [0.1, 0.15) is 13.3 Å². The van der Waals surface area contributed by atoms with Crippen LogP contribution in [0.5, 0.6) is 0 Å². The number of hydrogen-bond acceptors (Lipinski definition) is 2. The van der Waals surface area contributed by atoms with Crippen LogP contribution in [0.25, 0.3) is 0 Å². The lowest BCUT2D eigenvalue weighted by atomic mass is 10.3. The Hall–Kier alpha value is -1.69. The molecule has 1 aromatic rings. The monoisotopic (exact) mass is 257 g/mol. The summed E-state index contributed by atoms with van der Waals surface area (Å²) in [6.07, 6.45) is 0.674. The number of amides is 2. The summed E-state index contributed by atoms with van der Waals surface area (Å²) >= 11 is 0. The number of carbonyl (C=O) groups excluding carboxylic acids is 1. The average Bonchev–Trinajstić information content (AvgIpc) is 2.34. The Morgan fingerprint density at radius 3 is 2.72 bits per heavy atom. The number of halogens is 2. The van der Waals surface area contributed by atoms with Gasteiger partial charge in [-0.25, -0.2) is 13.6 Å². The highest BCUT2D eigenvalue weighted by Gasteiger charge is 2.13. The number of carbonyl (C=O) groups is 1. The summed E-state index contributed by atoms with van der Waals surface area (Å²) in [5.74, 6) is -1.47. The van der Waals surface area contributed by atoms with Crippen molar-refractivity contribution in [1.29, 1.82) is 0 Å². The van der Waals surface area contributed by atoms with Gasteiger partial charge in [0.25, 0.3) is 0 Å². The van der Waals surface area contributed by atoms with Crippen molar-refractivity contribution in [1.82, 2.24) is 4.90 Å². The summed E-state index contributed by atoms with van der Waals surface area (Å²) in [6, 6.07) is 2.59. The molecule has 0 spiro atoms. The lowest BCUT2D eigenvalue weighted by Gasteiger charge is -2.21. The molecule has 0 aliphatic heterocycles. The van der Waals surface area contributed by atoms with Crippen molar-refractivity contribution in [2.45, 2.75) is 13.3 Å². The molecule has 2 amide bonds. The third-order valence-corrected chi connectivity index (χ3v) is 2.47. The minimum atomic E-state index is -0.793. The normalized spacial score (nSPS) is 10.2. The standard InChI is InChI=1S/C12H17F2N3O/c1-2-17(7-3-6-15)12(18)16-11-5-4-9(13)8-10(11)14/h4-5,8H,2-3,6-7,15H2,1H3,(H,16,18). The van der Waals surface area contributed by atoms with E-state index in [1.807, 2.05) is 6.92 Å². The van der Waals surface area contributed by atoms with E-state index in [1.54, 1.807) is 0 Å². The zero-order valence-corrected chi connectivity index (χ0v) is 10.2. The molecule has 0 aliphatic rings. The molecular weight excluding hydrogens is 240 g/mol. The van der Waals surface area contributed by atoms with Crippen molar-refractivity contribution < 1.29 is 13.6 Å². The fourth-order valence-corrected chi connectivity index (χ4v) is 1.47. The number of hydrogen-bond donors (Lipinski definition) is 2. The first-order chi connectivity index (χ1) is 8.58. The fourth-order valence-electron chi connectivity index (χ4n) is 1.47. The van der Waals surface area contributed by atoms with Crippen LogP contribution in [0.4, 0.5) is 19.3 Å². The molecule has 0 aliphatic carbocycles. The predicted molar refractivity (Wildman–Crippen MR) is 66.3 cm³/mol. The number of rotatable bonds is 5. The van der Waals surface area contributed by atoms with Crippen LogP contribution in [0.3, 0.4) is 0 Å². The smallest absolute Gasteiger partial charge is 0.321 e. The van der Waals surface area contributed by atoms with Crippen LogP contribution >= 0.6 is 0 Å². The van der Waals surface area contributed by atoms with Crippen LogP contribution in [-0.4, -0.2) is 30.6 Å². The Morgan fingerprint density at radius 1 is 1.44 bits per heavy atom. The maximum atomic E-state index is 13.3. The molecule has 1 rings (SSSR count). The summed E-state index contributed by atoms with van der Waals surface area (Å²) in [5.41, 5.74) is 5.33. The molecule has 0 unspecified atom stereocenters. The number of urea groups is 1. The highest BCUT2D eigenvalue weighted by molar-refractivity contribution is 5.89. The summed E-state index contributed by atoms with van der Waals surface area (Å²) in [4.78, 5) is 13.3. The van der Waals surface area contributed by atoms with Crippen LogP contribution in [-0.2, 0) is 0 Å². The third-order valence-electron chi connectivity index (χ3n) is 2.47. The van der Waals surface area contributed by atoms with Gasteiger partial charge in [-0.15, -0.1) is 0 Å². The van der Waals surface area contributed by atoms with Gasteiger partial charge in [-0.05, 0) is 32.0 Å². The Labute approximate surface area is 105 Å². The van der Waals surface area contributed by atoms with Crippen molar-refractivity contribution in [3.8, 4) is 0 Å². The van der Waals surface area contributed by atoms with Gasteiger partial charge in [0.1, 0.15) is 11.6 Å². The second kappa shape index (κ2) is 6.90. The van der Waals surface area contributed by atoms with Crippen molar-refractivity contribution in [2.75, 3.05) is 25.0 Å². The van der Waals surface area contributed by atoms with E-state index in [-0.39, 0.29) is 5.69 Å². The van der Waals surface area contributed by atoms with Crippen molar-refractivity contribution in [3.05, 3.63) is 29.8 Å². The molecule has 0 heterocycles. The second-order valence-electron chi connectivity index (χ2n) is 3.78. The Kier molecular flexibility index (Phi) is 5.51. The van der Waals surface area contributed by atoms with Crippen molar-refractivity contribution in [3.63, 3.8) is 0 Å². The highest BCUT2D eigenvalue weighted by Crippen LogP contribution is 2.15. The molecule has 0 saturated carbocycles. The van der Waals surface area contributed by atoms with E-state index in [0.717, 1.165) is 12.1 Å². The van der Waals surface area contributed by atoms with Gasteiger partial charge in [-0.3, -0.25) is 0 Å². The molecule has 6 heteroatoms. The maximum absolute atomic E-state index is 13.3. The quantitative estimate of drug-likeness (QED) is 0.849. The number of nitrogens with zero attached hydrogens (tertiary/aromatic N) is 1. The van der Waals surface area contributed by atoms with Crippen LogP contribution in [0.15, 0.2) is 18.2 Å². The Balaban J connectivity index is 2.67. The van der Waals surface area contributed by atoms with E-state index in [2.05, 4.69) is 5.32 Å². The molecular formula is C12H17F2N3O. The lowest BCUT2D eigenvalue weighted by Crippen LogP contribution is -2.36. The molecule has 18 heavy (non-hydrogen) atoms. The van der Waals surface area contributed by atoms with Gasteiger partial charge >= 0.3 is 6.03 Å². The minimum Gasteiger partial charge on any atom is -0.330 e. The van der Waals surface area contributed by atoms with E-state index < -0.39 is 17.7 Å². The summed E-state index contributed by atoms with van der Waals surface area (Å²) < 4.78 is 26.0. The molecule has 4 nitrogen and oxygen atoms in total. The van der Waals surface area contributed by atoms with Crippen LogP contribution < -0.4 is 11.1 Å². The molecule has 3 N–H and O–H groups in total. The summed E-state index contributed by atoms with van der Waals surface area (Å²) in [6.45, 7) is 3.29. The van der Waals surface area contributed by atoms with Gasteiger partial charge in [0, 0.05) is 19.2 Å². The number of benzene rings is 1. The van der Waals surface area contributed by atoms with Crippen LogP contribution in [0.2, 0.25) is 0 Å². The molecule has 0 atom stereocenters. The van der Waals surface area contributed by atoms with Gasteiger partial charge in [-0.1, -0.05) is 0 Å². The van der Waals surface area contributed by atoms with Gasteiger partial charge in [-0.2, -0.15) is 0 Å². The molecule has 0 radical (unpaired) electrons. The first-order valence-electron chi connectivity index (χ1n) is 5.79. The summed E-state index contributed by atoms with van der Waals surface area (Å²) in [7, 11) is 0. The maximum Gasteiger partial charge on any atom is 0.321 e. The molecule has 0 saturated heterocycles. The molecule has 0 aromatic heterocycles. The van der Waals surface area contributed by atoms with E-state index in [1.165, 1.54) is 11.0 Å². The topological polar surface area (TPSA) is 58.4 Å². The Morgan fingerprint density at radius 2 is 2.17 bits per heavy atom. The lowest BCUT2D eigenvalue weighted by molar-refractivity contribution is 0.214. The molecule has 1 aromatic carbocycles. The Bertz CT molecular complexity index is 412. The zero-order valence-electron chi connectivity index (χ0n) is 10.2. The SMILES string of the molecule is CCN(CCCN)C(=O)Nc1ccc(F)cc1F. The van der Waals surface area contributed by atoms with Crippen molar-refractivity contribution in [2.24, 2.45) is 5.73 Å². The van der Waals surface area contributed by atoms with Gasteiger partial charge in [0.2, 0.25) is 0 Å².